The summed E-state index contributed by atoms with van der Waals surface area (Å²) in [6, 6.07) is 9.88. The highest BCUT2D eigenvalue weighted by molar-refractivity contribution is 5.13. The Kier molecular flexibility index (Phi) is 6.07. The summed E-state index contributed by atoms with van der Waals surface area (Å²) in [5.74, 6) is 0. The highest BCUT2D eigenvalue weighted by Crippen LogP contribution is 2.10. The van der Waals surface area contributed by atoms with Crippen LogP contribution in [0.1, 0.15) is 31.7 Å². The minimum atomic E-state index is -0.342. The number of hydrogen-bond acceptors (Lipinski definition) is 2. The van der Waals surface area contributed by atoms with Crippen LogP contribution in [-0.4, -0.2) is 6.23 Å². The molecule has 0 bridgehead atoms. The third-order valence-electron chi connectivity index (χ3n) is 2.27. The summed E-state index contributed by atoms with van der Waals surface area (Å²) in [7, 11) is 0. The molecule has 1 unspecified atom stereocenters. The Balaban J connectivity index is 2.40. The molecule has 1 aromatic carbocycles. The van der Waals surface area contributed by atoms with E-state index in [2.05, 4.69) is 16.9 Å². The van der Waals surface area contributed by atoms with Crippen molar-refractivity contribution in [1.29, 1.82) is 0 Å². The van der Waals surface area contributed by atoms with Crippen molar-refractivity contribution < 1.29 is 4.74 Å². The van der Waals surface area contributed by atoms with E-state index in [9.17, 15) is 0 Å². The summed E-state index contributed by atoms with van der Waals surface area (Å²) in [6.45, 7) is 2.60. The molecular formula is C12H17N3O. The molecule has 0 fully saturated rings. The van der Waals surface area contributed by atoms with Gasteiger partial charge in [-0.1, -0.05) is 55.2 Å². The van der Waals surface area contributed by atoms with Crippen molar-refractivity contribution in [2.24, 2.45) is 5.11 Å². The molecule has 0 aromatic heterocycles. The van der Waals surface area contributed by atoms with Crippen molar-refractivity contribution in [1.82, 2.24) is 0 Å². The van der Waals surface area contributed by atoms with Crippen LogP contribution in [0, 0.1) is 0 Å². The van der Waals surface area contributed by atoms with Crippen LogP contribution in [0.2, 0.25) is 0 Å². The molecular weight excluding hydrogens is 202 g/mol. The van der Waals surface area contributed by atoms with Gasteiger partial charge < -0.3 is 4.74 Å². The summed E-state index contributed by atoms with van der Waals surface area (Å²) in [4.78, 5) is 2.80. The maximum absolute atomic E-state index is 8.41. The lowest BCUT2D eigenvalue weighted by molar-refractivity contribution is 0.0383. The van der Waals surface area contributed by atoms with E-state index in [-0.39, 0.29) is 6.23 Å². The maximum atomic E-state index is 8.41. The number of rotatable bonds is 7. The van der Waals surface area contributed by atoms with Crippen LogP contribution in [0.25, 0.3) is 10.4 Å². The van der Waals surface area contributed by atoms with Gasteiger partial charge in [0.15, 0.2) is 0 Å². The van der Waals surface area contributed by atoms with Gasteiger partial charge in [-0.3, -0.25) is 0 Å². The molecule has 86 valence electrons. The van der Waals surface area contributed by atoms with Gasteiger partial charge in [-0.15, -0.1) is 0 Å². The minimum Gasteiger partial charge on any atom is -0.368 e. The van der Waals surface area contributed by atoms with Gasteiger partial charge in [-0.05, 0) is 17.5 Å². The molecule has 0 saturated carbocycles. The Morgan fingerprint density at radius 2 is 2.12 bits per heavy atom. The Hall–Kier alpha value is -1.51. The zero-order valence-corrected chi connectivity index (χ0v) is 9.54. The van der Waals surface area contributed by atoms with Crippen LogP contribution in [0.3, 0.4) is 0 Å². The van der Waals surface area contributed by atoms with E-state index in [1.165, 1.54) is 0 Å². The Labute approximate surface area is 95.9 Å². The normalized spacial score (nSPS) is 11.8. The smallest absolute Gasteiger partial charge is 0.137 e. The van der Waals surface area contributed by atoms with Gasteiger partial charge in [0.25, 0.3) is 0 Å². The molecule has 0 aliphatic heterocycles. The van der Waals surface area contributed by atoms with Gasteiger partial charge in [0.05, 0.1) is 6.61 Å². The number of azide groups is 1. The molecule has 4 nitrogen and oxygen atoms in total. The Morgan fingerprint density at radius 1 is 1.38 bits per heavy atom. The van der Waals surface area contributed by atoms with E-state index in [4.69, 9.17) is 10.3 Å². The summed E-state index contributed by atoms with van der Waals surface area (Å²) in [5, 5.41) is 3.64. The van der Waals surface area contributed by atoms with E-state index in [0.717, 1.165) is 24.8 Å². The summed E-state index contributed by atoms with van der Waals surface area (Å²) in [5.41, 5.74) is 9.51. The standard InChI is InChI=1S/C12H17N3O/c1-2-3-9-12(14-15-13)16-10-11-7-5-4-6-8-11/h4-8,12H,2-3,9-10H2,1H3. The number of hydrogen-bond donors (Lipinski definition) is 0. The second-order valence-corrected chi connectivity index (χ2v) is 3.60. The molecule has 0 heterocycles. The van der Waals surface area contributed by atoms with Crippen molar-refractivity contribution in [3.63, 3.8) is 0 Å². The van der Waals surface area contributed by atoms with Crippen LogP contribution in [0.15, 0.2) is 35.4 Å². The molecule has 4 heteroatoms. The second-order valence-electron chi connectivity index (χ2n) is 3.60. The van der Waals surface area contributed by atoms with Gasteiger partial charge in [-0.25, -0.2) is 0 Å². The first-order valence-electron chi connectivity index (χ1n) is 5.56. The monoisotopic (exact) mass is 219 g/mol. The van der Waals surface area contributed by atoms with Gasteiger partial charge in [0.1, 0.15) is 6.23 Å². The number of benzene rings is 1. The van der Waals surface area contributed by atoms with E-state index in [1.54, 1.807) is 0 Å². The van der Waals surface area contributed by atoms with Crippen molar-refractivity contribution in [3.8, 4) is 0 Å². The topological polar surface area (TPSA) is 58.0 Å². The molecule has 0 aliphatic carbocycles. The third-order valence-corrected chi connectivity index (χ3v) is 2.27. The number of ether oxygens (including phenoxy) is 1. The van der Waals surface area contributed by atoms with E-state index in [0.29, 0.717) is 6.61 Å². The Morgan fingerprint density at radius 3 is 2.75 bits per heavy atom. The van der Waals surface area contributed by atoms with Gasteiger partial charge in [0, 0.05) is 4.91 Å². The predicted molar refractivity (Wildman–Crippen MR) is 63.7 cm³/mol. The first-order chi connectivity index (χ1) is 7.86. The lowest BCUT2D eigenvalue weighted by Gasteiger charge is -2.11. The minimum absolute atomic E-state index is 0.342. The van der Waals surface area contributed by atoms with Crippen LogP contribution in [-0.2, 0) is 11.3 Å². The average Bonchev–Trinajstić information content (AvgIpc) is 2.34. The molecule has 0 aliphatic rings. The average molecular weight is 219 g/mol. The molecule has 16 heavy (non-hydrogen) atoms. The van der Waals surface area contributed by atoms with E-state index in [1.807, 2.05) is 30.3 Å². The summed E-state index contributed by atoms with van der Waals surface area (Å²) < 4.78 is 5.55. The molecule has 0 spiro atoms. The number of nitrogens with zero attached hydrogens (tertiary/aromatic N) is 3. The maximum Gasteiger partial charge on any atom is 0.137 e. The molecule has 1 aromatic rings. The first kappa shape index (κ1) is 12.6. The van der Waals surface area contributed by atoms with Crippen molar-refractivity contribution in [3.05, 3.63) is 46.3 Å². The molecule has 0 radical (unpaired) electrons. The van der Waals surface area contributed by atoms with Crippen molar-refractivity contribution in [2.75, 3.05) is 0 Å². The number of unbranched alkanes of at least 4 members (excludes halogenated alkanes) is 1. The van der Waals surface area contributed by atoms with E-state index < -0.39 is 0 Å². The SMILES string of the molecule is CCCCC(N=[N+]=[N-])OCc1ccccc1. The van der Waals surface area contributed by atoms with Crippen LogP contribution >= 0.6 is 0 Å². The van der Waals surface area contributed by atoms with Crippen LogP contribution < -0.4 is 0 Å². The fourth-order valence-corrected chi connectivity index (χ4v) is 1.38. The summed E-state index contributed by atoms with van der Waals surface area (Å²) >= 11 is 0. The van der Waals surface area contributed by atoms with E-state index >= 15 is 0 Å². The largest absolute Gasteiger partial charge is 0.368 e. The molecule has 1 rings (SSSR count). The zero-order chi connectivity index (χ0) is 11.6. The van der Waals surface area contributed by atoms with Gasteiger partial charge in [-0.2, -0.15) is 0 Å². The van der Waals surface area contributed by atoms with Gasteiger partial charge >= 0.3 is 0 Å². The van der Waals surface area contributed by atoms with Crippen molar-refractivity contribution in [2.45, 2.75) is 39.0 Å². The first-order valence-corrected chi connectivity index (χ1v) is 5.56. The lowest BCUT2D eigenvalue weighted by Crippen LogP contribution is -2.09. The third kappa shape index (κ3) is 4.82. The molecule has 1 atom stereocenters. The highest BCUT2D eigenvalue weighted by atomic mass is 16.5. The molecule has 0 amide bonds. The fraction of sp³-hybridized carbons (Fsp3) is 0.500. The quantitative estimate of drug-likeness (QED) is 0.388. The van der Waals surface area contributed by atoms with Crippen LogP contribution in [0.4, 0.5) is 0 Å². The summed E-state index contributed by atoms with van der Waals surface area (Å²) in [6.07, 6.45) is 2.53. The van der Waals surface area contributed by atoms with Crippen molar-refractivity contribution >= 4 is 0 Å². The van der Waals surface area contributed by atoms with Gasteiger partial charge in [0.2, 0.25) is 0 Å². The molecule has 0 N–H and O–H groups in total. The van der Waals surface area contributed by atoms with Crippen LogP contribution in [0.5, 0.6) is 0 Å². The predicted octanol–water partition coefficient (Wildman–Crippen LogP) is 4.03. The lowest BCUT2D eigenvalue weighted by atomic mass is 10.2. The zero-order valence-electron chi connectivity index (χ0n) is 9.54. The Bertz CT molecular complexity index is 333. The molecule has 0 saturated heterocycles. The highest BCUT2D eigenvalue weighted by Gasteiger charge is 2.05. The fourth-order valence-electron chi connectivity index (χ4n) is 1.38. The second kappa shape index (κ2) is 7.74.